The molecule has 0 aliphatic carbocycles. The fraction of sp³-hybridized carbons (Fsp3) is 0.862. The molecule has 8 heteroatoms. The summed E-state index contributed by atoms with van der Waals surface area (Å²) in [7, 11) is 2.19. The zero-order valence-electron chi connectivity index (χ0n) is 25.7. The molecule has 0 amide bonds. The van der Waals surface area contributed by atoms with Gasteiger partial charge in [-0.15, -0.1) is 0 Å². The summed E-state index contributed by atoms with van der Waals surface area (Å²) in [5.41, 5.74) is -4.18. The summed E-state index contributed by atoms with van der Waals surface area (Å²) in [6.45, 7) is 24.2. The van der Waals surface area contributed by atoms with E-state index in [0.29, 0.717) is 32.3 Å². The molecular weight excluding hydrogens is 491 g/mol. The maximum absolute atomic E-state index is 12.9. The van der Waals surface area contributed by atoms with E-state index in [0.717, 1.165) is 0 Å². The molecule has 7 nitrogen and oxygen atoms in total. The molecule has 0 aromatic rings. The minimum Gasteiger partial charge on any atom is -0.465 e. The highest BCUT2D eigenvalue weighted by molar-refractivity contribution is 7.40. The van der Waals surface area contributed by atoms with Crippen molar-refractivity contribution in [3.63, 3.8) is 0 Å². The van der Waals surface area contributed by atoms with Crippen LogP contribution < -0.4 is 0 Å². The fourth-order valence-corrected chi connectivity index (χ4v) is 4.34. The van der Waals surface area contributed by atoms with Crippen LogP contribution in [-0.4, -0.2) is 47.7 Å². The molecule has 0 aromatic carbocycles. The SMILES string of the molecule is CC(=O)C(C)(C)CC(C)(C)C(=O)OC(C)(C)CCOC(C)(C)CCOC(=O)C(C)(C)CC(C)(C)C(=O)P. The molecule has 0 aromatic heterocycles. The van der Waals surface area contributed by atoms with Crippen LogP contribution in [0.3, 0.4) is 0 Å². The molecule has 0 rings (SSSR count). The third-order valence-corrected chi connectivity index (χ3v) is 7.78. The molecule has 0 heterocycles. The number of rotatable bonds is 16. The number of hydrogen-bond acceptors (Lipinski definition) is 7. The third-order valence-electron chi connectivity index (χ3n) is 7.00. The van der Waals surface area contributed by atoms with E-state index in [1.54, 1.807) is 34.6 Å². The molecule has 0 radical (unpaired) electrons. The summed E-state index contributed by atoms with van der Waals surface area (Å²) < 4.78 is 17.4. The first-order valence-corrected chi connectivity index (χ1v) is 13.7. The molecule has 0 bridgehead atoms. The van der Waals surface area contributed by atoms with Crippen LogP contribution in [0.25, 0.3) is 0 Å². The van der Waals surface area contributed by atoms with E-state index in [9.17, 15) is 19.2 Å². The average Bonchev–Trinajstić information content (AvgIpc) is 2.65. The van der Waals surface area contributed by atoms with Gasteiger partial charge in [-0.05, 0) is 75.2 Å². The van der Waals surface area contributed by atoms with Crippen LogP contribution >= 0.6 is 9.24 Å². The van der Waals surface area contributed by atoms with Gasteiger partial charge in [0.15, 0.2) is 5.52 Å². The molecule has 0 aliphatic rings. The van der Waals surface area contributed by atoms with Crippen molar-refractivity contribution < 1.29 is 33.4 Å². The predicted octanol–water partition coefficient (Wildman–Crippen LogP) is 6.30. The molecule has 37 heavy (non-hydrogen) atoms. The maximum atomic E-state index is 12.9. The summed E-state index contributed by atoms with van der Waals surface area (Å²) in [6, 6.07) is 0. The number of ether oxygens (including phenoxy) is 3. The first-order valence-electron chi connectivity index (χ1n) is 13.1. The van der Waals surface area contributed by atoms with Gasteiger partial charge in [-0.25, -0.2) is 0 Å². The van der Waals surface area contributed by atoms with Gasteiger partial charge in [0.2, 0.25) is 0 Å². The van der Waals surface area contributed by atoms with Gasteiger partial charge in [0.25, 0.3) is 0 Å². The first kappa shape index (κ1) is 35.7. The number of esters is 2. The largest absolute Gasteiger partial charge is 0.465 e. The lowest BCUT2D eigenvalue weighted by Gasteiger charge is -2.35. The van der Waals surface area contributed by atoms with Crippen molar-refractivity contribution in [2.45, 2.75) is 127 Å². The quantitative estimate of drug-likeness (QED) is 0.166. The molecular formula is C29H53O7P. The van der Waals surface area contributed by atoms with Crippen molar-refractivity contribution in [3.8, 4) is 0 Å². The van der Waals surface area contributed by atoms with Crippen LogP contribution in [0.2, 0.25) is 0 Å². The van der Waals surface area contributed by atoms with Gasteiger partial charge >= 0.3 is 11.9 Å². The van der Waals surface area contributed by atoms with Crippen LogP contribution in [0.15, 0.2) is 0 Å². The van der Waals surface area contributed by atoms with Gasteiger partial charge in [0.05, 0.1) is 29.6 Å². The van der Waals surface area contributed by atoms with Crippen molar-refractivity contribution in [2.24, 2.45) is 21.7 Å². The van der Waals surface area contributed by atoms with Gasteiger partial charge in [0.1, 0.15) is 11.4 Å². The number of hydrogen-bond donors (Lipinski definition) is 0. The number of carbonyl (C=O) groups is 4. The van der Waals surface area contributed by atoms with Crippen molar-refractivity contribution >= 4 is 32.5 Å². The second-order valence-electron chi connectivity index (χ2n) is 14.2. The van der Waals surface area contributed by atoms with E-state index < -0.39 is 32.9 Å². The van der Waals surface area contributed by atoms with Crippen LogP contribution in [0.1, 0.15) is 116 Å². The Morgan fingerprint density at radius 2 is 1.03 bits per heavy atom. The van der Waals surface area contributed by atoms with E-state index in [1.165, 1.54) is 0 Å². The van der Waals surface area contributed by atoms with Gasteiger partial charge < -0.3 is 14.2 Å². The molecule has 1 unspecified atom stereocenters. The summed E-state index contributed by atoms with van der Waals surface area (Å²) in [5, 5.41) is 0. The topological polar surface area (TPSA) is 96.0 Å². The molecule has 0 N–H and O–H groups in total. The average molecular weight is 545 g/mol. The Balaban J connectivity index is 4.77. The molecule has 0 fully saturated rings. The van der Waals surface area contributed by atoms with Crippen LogP contribution in [0.5, 0.6) is 0 Å². The number of carbonyl (C=O) groups excluding carboxylic acids is 4. The van der Waals surface area contributed by atoms with E-state index in [-0.39, 0.29) is 29.9 Å². The van der Waals surface area contributed by atoms with Crippen molar-refractivity contribution in [1.82, 2.24) is 0 Å². The summed E-state index contributed by atoms with van der Waals surface area (Å²) >= 11 is 0. The Labute approximate surface area is 227 Å². The minimum atomic E-state index is -0.803. The highest BCUT2D eigenvalue weighted by Crippen LogP contribution is 2.38. The molecule has 0 saturated carbocycles. The van der Waals surface area contributed by atoms with E-state index in [2.05, 4.69) is 9.24 Å². The highest BCUT2D eigenvalue weighted by atomic mass is 31.0. The van der Waals surface area contributed by atoms with Crippen molar-refractivity contribution in [3.05, 3.63) is 0 Å². The van der Waals surface area contributed by atoms with Crippen LogP contribution in [-0.2, 0) is 33.4 Å². The van der Waals surface area contributed by atoms with Crippen molar-refractivity contribution in [2.75, 3.05) is 13.2 Å². The first-order chi connectivity index (χ1) is 16.3. The van der Waals surface area contributed by atoms with Crippen LogP contribution in [0.4, 0.5) is 0 Å². The smallest absolute Gasteiger partial charge is 0.312 e. The maximum Gasteiger partial charge on any atom is 0.312 e. The highest BCUT2D eigenvalue weighted by Gasteiger charge is 2.41. The predicted molar refractivity (Wildman–Crippen MR) is 150 cm³/mol. The molecule has 0 aliphatic heterocycles. The van der Waals surface area contributed by atoms with E-state index >= 15 is 0 Å². The Kier molecular flexibility index (Phi) is 12.2. The second kappa shape index (κ2) is 12.7. The van der Waals surface area contributed by atoms with Crippen LogP contribution in [0, 0.1) is 21.7 Å². The molecule has 1 atom stereocenters. The Hall–Kier alpha value is -1.33. The third kappa shape index (κ3) is 12.4. The van der Waals surface area contributed by atoms with Crippen molar-refractivity contribution in [1.29, 1.82) is 0 Å². The van der Waals surface area contributed by atoms with Gasteiger partial charge in [-0.2, -0.15) is 0 Å². The fourth-order valence-electron chi connectivity index (χ4n) is 4.24. The monoisotopic (exact) mass is 544 g/mol. The number of ketones is 1. The minimum absolute atomic E-state index is 0.0384. The van der Waals surface area contributed by atoms with E-state index in [4.69, 9.17) is 14.2 Å². The zero-order chi connectivity index (χ0) is 29.7. The summed E-state index contributed by atoms with van der Waals surface area (Å²) in [4.78, 5) is 49.3. The van der Waals surface area contributed by atoms with E-state index in [1.807, 2.05) is 55.4 Å². The Morgan fingerprint density at radius 1 is 0.595 bits per heavy atom. The Bertz CT molecular complexity index is 835. The Morgan fingerprint density at radius 3 is 1.49 bits per heavy atom. The normalized spacial score (nSPS) is 13.8. The lowest BCUT2D eigenvalue weighted by Crippen LogP contribution is -2.40. The molecule has 0 spiro atoms. The summed E-state index contributed by atoms with van der Waals surface area (Å²) in [6.07, 6.45) is 1.76. The van der Waals surface area contributed by atoms with Gasteiger partial charge in [0, 0.05) is 23.7 Å². The number of Topliss-reactive ketones (excluding diaryl/α,β-unsaturated/α-hetero) is 1. The summed E-state index contributed by atoms with van der Waals surface area (Å²) in [5.74, 6) is -0.644. The zero-order valence-corrected chi connectivity index (χ0v) is 26.8. The van der Waals surface area contributed by atoms with Gasteiger partial charge in [-0.1, -0.05) is 36.9 Å². The standard InChI is InChI=1S/C29H53O7P/c1-20(30)24(2,3)18-26(6,7)22(32)36-29(12,13)15-17-35-28(10,11)14-16-34-21(31)25(4,5)19-27(8,9)23(33)37/h14-19,37H2,1-13H3. The molecule has 216 valence electrons. The van der Waals surface area contributed by atoms with Gasteiger partial charge in [-0.3, -0.25) is 19.2 Å². The lowest BCUT2D eigenvalue weighted by atomic mass is 9.73. The second-order valence-corrected chi connectivity index (χ2v) is 14.7. The lowest BCUT2D eigenvalue weighted by molar-refractivity contribution is -0.171. The molecule has 0 saturated heterocycles.